The molecule has 8 heteroatoms. The molecule has 1 aromatic heterocycles. The van der Waals surface area contributed by atoms with Crippen LogP contribution in [-0.2, 0) is 0 Å². The molecule has 0 radical (unpaired) electrons. The highest BCUT2D eigenvalue weighted by Crippen LogP contribution is 2.18. The van der Waals surface area contributed by atoms with E-state index in [1.165, 1.54) is 6.08 Å². The number of nitrogens with zero attached hydrogens (tertiary/aromatic N) is 2. The van der Waals surface area contributed by atoms with Gasteiger partial charge in [-0.25, -0.2) is 0 Å². The van der Waals surface area contributed by atoms with Crippen LogP contribution in [0.1, 0.15) is 11.4 Å². The van der Waals surface area contributed by atoms with Gasteiger partial charge in [-0.3, -0.25) is 14.9 Å². The van der Waals surface area contributed by atoms with Crippen LogP contribution >= 0.6 is 0 Å². The summed E-state index contributed by atoms with van der Waals surface area (Å²) in [5, 5.41) is 19.9. The predicted molar refractivity (Wildman–Crippen MR) is 75.1 cm³/mol. The Bertz CT molecular complexity index is 749. The highest BCUT2D eigenvalue weighted by molar-refractivity contribution is 5.67. The summed E-state index contributed by atoms with van der Waals surface area (Å²) in [4.78, 5) is 26.8. The molecule has 2 aromatic rings. The number of methoxy groups -OCH3 is 1. The van der Waals surface area contributed by atoms with Gasteiger partial charge in [-0.15, -0.1) is 0 Å². The Morgan fingerprint density at radius 3 is 2.52 bits per heavy atom. The van der Waals surface area contributed by atoms with Crippen LogP contribution < -0.4 is 10.3 Å². The van der Waals surface area contributed by atoms with Crippen molar-refractivity contribution in [2.75, 3.05) is 7.11 Å². The summed E-state index contributed by atoms with van der Waals surface area (Å²) in [5.74, 6) is -0.205. The molecule has 0 atom stereocenters. The van der Waals surface area contributed by atoms with Crippen LogP contribution in [0.15, 0.2) is 29.1 Å². The summed E-state index contributed by atoms with van der Waals surface area (Å²) < 4.78 is 5.02. The lowest BCUT2D eigenvalue weighted by atomic mass is 10.2. The Morgan fingerprint density at radius 2 is 2.00 bits per heavy atom. The van der Waals surface area contributed by atoms with E-state index in [1.807, 2.05) is 0 Å². The molecule has 8 nitrogen and oxygen atoms in total. The average molecular weight is 289 g/mol. The van der Waals surface area contributed by atoms with Gasteiger partial charge in [-0.05, 0) is 23.8 Å². The fourth-order valence-corrected chi connectivity index (χ4v) is 1.61. The molecule has 1 heterocycles. The Kier molecular flexibility index (Phi) is 3.98. The molecule has 21 heavy (non-hydrogen) atoms. The summed E-state index contributed by atoms with van der Waals surface area (Å²) in [6.45, 7) is 0. The molecular weight excluding hydrogens is 278 g/mol. The molecule has 0 saturated heterocycles. The number of aromatic amines is 1. The van der Waals surface area contributed by atoms with Crippen molar-refractivity contribution in [1.29, 1.82) is 0 Å². The molecule has 1 aromatic carbocycles. The quantitative estimate of drug-likeness (QED) is 0.651. The molecule has 0 fully saturated rings. The van der Waals surface area contributed by atoms with Crippen LogP contribution in [0.3, 0.4) is 0 Å². The first-order valence-corrected chi connectivity index (χ1v) is 5.81. The number of hydrogen-bond donors (Lipinski definition) is 2. The van der Waals surface area contributed by atoms with Crippen LogP contribution in [0.5, 0.6) is 11.6 Å². The smallest absolute Gasteiger partial charge is 0.395 e. The Labute approximate surface area is 118 Å². The highest BCUT2D eigenvalue weighted by atomic mass is 16.6. The molecule has 108 valence electrons. The van der Waals surface area contributed by atoms with Crippen molar-refractivity contribution in [1.82, 2.24) is 9.97 Å². The molecule has 0 aliphatic heterocycles. The standard InChI is InChI=1S/C13H11N3O5/c1-21-9-5-2-8(3-6-9)4-7-10-14-12(17)11(16(19)20)13(18)15-10/h2-7H,1H3,(H2,14,15,17,18)/b7-4+. The molecule has 0 amide bonds. The van der Waals surface area contributed by atoms with E-state index in [-0.39, 0.29) is 5.82 Å². The van der Waals surface area contributed by atoms with Gasteiger partial charge in [0.05, 0.1) is 12.0 Å². The largest absolute Gasteiger partial charge is 0.497 e. The number of aromatic nitrogens is 2. The number of benzene rings is 1. The van der Waals surface area contributed by atoms with Crippen molar-refractivity contribution in [2.45, 2.75) is 0 Å². The van der Waals surface area contributed by atoms with E-state index >= 15 is 0 Å². The van der Waals surface area contributed by atoms with E-state index in [9.17, 15) is 20.0 Å². The Balaban J connectivity index is 2.29. The van der Waals surface area contributed by atoms with Gasteiger partial charge in [0.1, 0.15) is 11.6 Å². The molecule has 0 aliphatic rings. The number of H-pyrrole nitrogens is 1. The predicted octanol–water partition coefficient (Wildman–Crippen LogP) is 1.56. The second-order valence-corrected chi connectivity index (χ2v) is 3.99. The number of aromatic hydroxyl groups is 1. The topological polar surface area (TPSA) is 118 Å². The number of rotatable bonds is 4. The van der Waals surface area contributed by atoms with Crippen molar-refractivity contribution >= 4 is 17.8 Å². The maximum atomic E-state index is 11.4. The number of hydrogen-bond acceptors (Lipinski definition) is 6. The zero-order valence-electron chi connectivity index (χ0n) is 10.9. The number of nitro groups is 1. The first kappa shape index (κ1) is 14.3. The molecule has 0 unspecified atom stereocenters. The first-order chi connectivity index (χ1) is 10.0. The van der Waals surface area contributed by atoms with Gasteiger partial charge in [-0.1, -0.05) is 18.2 Å². The molecule has 0 saturated carbocycles. The summed E-state index contributed by atoms with van der Waals surface area (Å²) in [6, 6.07) is 7.06. The Hall–Kier alpha value is -3.16. The molecule has 0 spiro atoms. The minimum Gasteiger partial charge on any atom is -0.497 e. The van der Waals surface area contributed by atoms with Gasteiger partial charge in [0.2, 0.25) is 0 Å². The second kappa shape index (κ2) is 5.87. The van der Waals surface area contributed by atoms with Gasteiger partial charge in [0.25, 0.3) is 5.88 Å². The number of ether oxygens (including phenoxy) is 1. The van der Waals surface area contributed by atoms with Gasteiger partial charge in [0.15, 0.2) is 0 Å². The fourth-order valence-electron chi connectivity index (χ4n) is 1.61. The van der Waals surface area contributed by atoms with Gasteiger partial charge < -0.3 is 14.8 Å². The van der Waals surface area contributed by atoms with E-state index in [2.05, 4.69) is 9.97 Å². The molecule has 2 rings (SSSR count). The highest BCUT2D eigenvalue weighted by Gasteiger charge is 2.21. The third-order valence-electron chi connectivity index (χ3n) is 2.63. The van der Waals surface area contributed by atoms with Crippen molar-refractivity contribution in [3.8, 4) is 11.6 Å². The van der Waals surface area contributed by atoms with Crippen molar-refractivity contribution in [3.63, 3.8) is 0 Å². The molecule has 0 bridgehead atoms. The van der Waals surface area contributed by atoms with E-state index in [0.717, 1.165) is 5.56 Å². The van der Waals surface area contributed by atoms with Crippen LogP contribution in [0.25, 0.3) is 12.2 Å². The van der Waals surface area contributed by atoms with Crippen LogP contribution in [-0.4, -0.2) is 27.1 Å². The van der Waals surface area contributed by atoms with Crippen LogP contribution in [0.4, 0.5) is 5.69 Å². The molecular formula is C13H11N3O5. The fraction of sp³-hybridized carbons (Fsp3) is 0.0769. The summed E-state index contributed by atoms with van der Waals surface area (Å²) in [5.41, 5.74) is -1.19. The van der Waals surface area contributed by atoms with Gasteiger partial charge >= 0.3 is 11.2 Å². The third-order valence-corrected chi connectivity index (χ3v) is 2.63. The van der Waals surface area contributed by atoms with E-state index in [1.54, 1.807) is 37.5 Å². The zero-order valence-corrected chi connectivity index (χ0v) is 10.9. The maximum Gasteiger partial charge on any atom is 0.395 e. The Morgan fingerprint density at radius 1 is 1.33 bits per heavy atom. The van der Waals surface area contributed by atoms with Crippen molar-refractivity contribution in [2.24, 2.45) is 0 Å². The zero-order chi connectivity index (χ0) is 15.4. The van der Waals surface area contributed by atoms with Crippen molar-refractivity contribution in [3.05, 3.63) is 56.1 Å². The minimum atomic E-state index is -1.01. The molecule has 2 N–H and O–H groups in total. The molecule has 0 aliphatic carbocycles. The van der Waals surface area contributed by atoms with E-state index in [0.29, 0.717) is 5.75 Å². The second-order valence-electron chi connectivity index (χ2n) is 3.99. The van der Waals surface area contributed by atoms with E-state index < -0.39 is 22.0 Å². The summed E-state index contributed by atoms with van der Waals surface area (Å²) in [6.07, 6.45) is 3.05. The lowest BCUT2D eigenvalue weighted by molar-refractivity contribution is -0.387. The van der Waals surface area contributed by atoms with Gasteiger partial charge in [0, 0.05) is 0 Å². The summed E-state index contributed by atoms with van der Waals surface area (Å²) in [7, 11) is 1.55. The number of nitrogens with one attached hydrogen (secondary N) is 1. The van der Waals surface area contributed by atoms with Crippen LogP contribution in [0, 0.1) is 10.1 Å². The summed E-state index contributed by atoms with van der Waals surface area (Å²) >= 11 is 0. The minimum absolute atomic E-state index is 0.0129. The first-order valence-electron chi connectivity index (χ1n) is 5.81. The monoisotopic (exact) mass is 289 g/mol. The lowest BCUT2D eigenvalue weighted by Gasteiger charge is -1.99. The third kappa shape index (κ3) is 3.24. The van der Waals surface area contributed by atoms with Crippen molar-refractivity contribution < 1.29 is 14.8 Å². The van der Waals surface area contributed by atoms with Crippen LogP contribution in [0.2, 0.25) is 0 Å². The maximum absolute atomic E-state index is 11.4. The average Bonchev–Trinajstić information content (AvgIpc) is 2.44. The van der Waals surface area contributed by atoms with Gasteiger partial charge in [-0.2, -0.15) is 4.98 Å². The lowest BCUT2D eigenvalue weighted by Crippen LogP contribution is -2.14. The normalized spacial score (nSPS) is 10.7. The SMILES string of the molecule is COc1ccc(/C=C/c2nc(O)c([N+](=O)[O-])c(=O)[nH]2)cc1. The van der Waals surface area contributed by atoms with E-state index in [4.69, 9.17) is 4.74 Å².